The molecule has 2 N–H and O–H groups in total. The molecule has 0 aliphatic carbocycles. The number of imidazole rings is 1. The summed E-state index contributed by atoms with van der Waals surface area (Å²) in [6, 6.07) is 4.95. The Labute approximate surface area is 104 Å². The quantitative estimate of drug-likeness (QED) is 0.889. The first kappa shape index (κ1) is 12.2. The van der Waals surface area contributed by atoms with E-state index in [2.05, 4.69) is 14.7 Å². The fourth-order valence-electron chi connectivity index (χ4n) is 1.28. The summed E-state index contributed by atoms with van der Waals surface area (Å²) in [7, 11) is -0.592. The number of nitrogens with one attached hydrogen (secondary N) is 2. The second-order valence-electron chi connectivity index (χ2n) is 3.65. The summed E-state index contributed by atoms with van der Waals surface area (Å²) in [6.45, 7) is 0. The largest absolute Gasteiger partial charge is 0.329 e. The van der Waals surface area contributed by atoms with Crippen molar-refractivity contribution in [3.63, 3.8) is 0 Å². The second-order valence-corrected chi connectivity index (χ2v) is 5.89. The predicted molar refractivity (Wildman–Crippen MR) is 67.3 cm³/mol. The molecule has 8 heteroatoms. The molecule has 0 radical (unpaired) electrons. The van der Waals surface area contributed by atoms with Crippen LogP contribution in [0.1, 0.15) is 0 Å². The van der Waals surface area contributed by atoms with E-state index in [9.17, 15) is 8.42 Å². The van der Waals surface area contributed by atoms with Gasteiger partial charge in [0.25, 0.3) is 0 Å². The van der Waals surface area contributed by atoms with Crippen LogP contribution >= 0.6 is 11.6 Å². The van der Waals surface area contributed by atoms with Crippen LogP contribution in [0.5, 0.6) is 0 Å². The molecule has 0 saturated carbocycles. The molecule has 0 aliphatic rings. The highest BCUT2D eigenvalue weighted by Crippen LogP contribution is 2.20. The smallest absolute Gasteiger partial charge is 0.301 e. The number of hydrogen-bond donors (Lipinski definition) is 2. The summed E-state index contributed by atoms with van der Waals surface area (Å²) >= 11 is 5.71. The van der Waals surface area contributed by atoms with Gasteiger partial charge in [0.15, 0.2) is 0 Å². The number of anilines is 1. The fourth-order valence-corrected chi connectivity index (χ4v) is 2.08. The van der Waals surface area contributed by atoms with Crippen molar-refractivity contribution >= 4 is 38.5 Å². The molecule has 0 fully saturated rings. The minimum Gasteiger partial charge on any atom is -0.329 e. The maximum Gasteiger partial charge on any atom is 0.301 e. The van der Waals surface area contributed by atoms with Crippen LogP contribution in [-0.2, 0) is 10.2 Å². The van der Waals surface area contributed by atoms with Gasteiger partial charge in [-0.2, -0.15) is 12.7 Å². The third-order valence-corrected chi connectivity index (χ3v) is 3.81. The van der Waals surface area contributed by atoms with Gasteiger partial charge in [-0.25, -0.2) is 4.98 Å². The lowest BCUT2D eigenvalue weighted by molar-refractivity contribution is 0.527. The van der Waals surface area contributed by atoms with Gasteiger partial charge in [-0.15, -0.1) is 0 Å². The zero-order chi connectivity index (χ0) is 12.6. The monoisotopic (exact) mass is 274 g/mol. The van der Waals surface area contributed by atoms with Gasteiger partial charge in [0.2, 0.25) is 5.28 Å². The van der Waals surface area contributed by atoms with Crippen LogP contribution in [-0.4, -0.2) is 36.8 Å². The lowest BCUT2D eigenvalue weighted by Gasteiger charge is -2.13. The average molecular weight is 275 g/mol. The van der Waals surface area contributed by atoms with E-state index in [1.165, 1.54) is 14.1 Å². The molecule has 2 rings (SSSR count). The van der Waals surface area contributed by atoms with E-state index in [-0.39, 0.29) is 5.28 Å². The van der Waals surface area contributed by atoms with E-state index in [1.807, 2.05) is 0 Å². The molecule has 17 heavy (non-hydrogen) atoms. The van der Waals surface area contributed by atoms with E-state index in [1.54, 1.807) is 18.2 Å². The zero-order valence-corrected chi connectivity index (χ0v) is 10.8. The van der Waals surface area contributed by atoms with Crippen LogP contribution < -0.4 is 4.72 Å². The number of halogens is 1. The molecule has 0 bridgehead atoms. The van der Waals surface area contributed by atoms with Crippen LogP contribution in [0.3, 0.4) is 0 Å². The Morgan fingerprint density at radius 1 is 1.41 bits per heavy atom. The summed E-state index contributed by atoms with van der Waals surface area (Å²) in [5.41, 5.74) is 1.81. The highest BCUT2D eigenvalue weighted by Gasteiger charge is 2.13. The van der Waals surface area contributed by atoms with Gasteiger partial charge >= 0.3 is 10.2 Å². The summed E-state index contributed by atoms with van der Waals surface area (Å²) in [6.07, 6.45) is 0. The molecular weight excluding hydrogens is 264 g/mol. The molecule has 0 spiro atoms. The third kappa shape index (κ3) is 2.51. The molecule has 92 valence electrons. The lowest BCUT2D eigenvalue weighted by Crippen LogP contribution is -2.28. The van der Waals surface area contributed by atoms with E-state index < -0.39 is 10.2 Å². The number of benzene rings is 1. The number of aromatic nitrogens is 2. The van der Waals surface area contributed by atoms with E-state index >= 15 is 0 Å². The number of aromatic amines is 1. The number of hydrogen-bond acceptors (Lipinski definition) is 3. The minimum atomic E-state index is -3.50. The highest BCUT2D eigenvalue weighted by molar-refractivity contribution is 7.90. The Balaban J connectivity index is 2.37. The van der Waals surface area contributed by atoms with E-state index in [4.69, 9.17) is 11.6 Å². The van der Waals surface area contributed by atoms with E-state index in [0.29, 0.717) is 16.7 Å². The van der Waals surface area contributed by atoms with Crippen molar-refractivity contribution in [1.82, 2.24) is 14.3 Å². The van der Waals surface area contributed by atoms with E-state index in [0.717, 1.165) is 4.31 Å². The van der Waals surface area contributed by atoms with Crippen LogP contribution in [0.4, 0.5) is 5.69 Å². The number of fused-ring (bicyclic) bond motifs is 1. The van der Waals surface area contributed by atoms with Crippen molar-refractivity contribution in [3.05, 3.63) is 23.5 Å². The van der Waals surface area contributed by atoms with Gasteiger partial charge < -0.3 is 4.98 Å². The Morgan fingerprint density at radius 2 is 2.12 bits per heavy atom. The molecule has 1 aromatic carbocycles. The molecule has 2 aromatic rings. The first-order chi connectivity index (χ1) is 7.88. The van der Waals surface area contributed by atoms with Crippen LogP contribution in [0.25, 0.3) is 11.0 Å². The standard InChI is InChI=1S/C9H11ClN4O2S/c1-14(2)17(15,16)13-6-3-4-7-8(5-6)12-9(10)11-7/h3-5,13H,1-2H3,(H,11,12). The molecule has 0 atom stereocenters. The fraction of sp³-hybridized carbons (Fsp3) is 0.222. The molecular formula is C9H11ClN4O2S. The number of rotatable bonds is 3. The SMILES string of the molecule is CN(C)S(=O)(=O)Nc1ccc2nc(Cl)[nH]c2c1. The minimum absolute atomic E-state index is 0.271. The van der Waals surface area contributed by atoms with Gasteiger partial charge in [-0.3, -0.25) is 4.72 Å². The zero-order valence-electron chi connectivity index (χ0n) is 9.23. The summed E-state index contributed by atoms with van der Waals surface area (Å²) in [4.78, 5) is 6.83. The number of nitrogens with zero attached hydrogens (tertiary/aromatic N) is 2. The van der Waals surface area contributed by atoms with Crippen LogP contribution in [0.15, 0.2) is 18.2 Å². The molecule has 0 saturated heterocycles. The molecule has 1 heterocycles. The first-order valence-corrected chi connectivity index (χ1v) is 6.56. The maximum atomic E-state index is 11.6. The molecule has 0 unspecified atom stereocenters. The molecule has 6 nitrogen and oxygen atoms in total. The molecule has 1 aromatic heterocycles. The van der Waals surface area contributed by atoms with Crippen molar-refractivity contribution in [2.45, 2.75) is 0 Å². The first-order valence-electron chi connectivity index (χ1n) is 4.74. The summed E-state index contributed by atoms with van der Waals surface area (Å²) in [5, 5.41) is 0.271. The normalized spacial score (nSPS) is 12.2. The van der Waals surface area contributed by atoms with Gasteiger partial charge in [-0.1, -0.05) is 0 Å². The lowest BCUT2D eigenvalue weighted by atomic mass is 10.3. The van der Waals surface area contributed by atoms with Gasteiger partial charge in [0.1, 0.15) is 0 Å². The third-order valence-electron chi connectivity index (χ3n) is 2.18. The summed E-state index contributed by atoms with van der Waals surface area (Å²) < 4.78 is 26.7. The van der Waals surface area contributed by atoms with Crippen molar-refractivity contribution in [2.75, 3.05) is 18.8 Å². The highest BCUT2D eigenvalue weighted by atomic mass is 35.5. The van der Waals surface area contributed by atoms with Crippen molar-refractivity contribution in [2.24, 2.45) is 0 Å². The predicted octanol–water partition coefficient (Wildman–Crippen LogP) is 1.43. The Bertz CT molecular complexity index is 650. The van der Waals surface area contributed by atoms with Gasteiger partial charge in [0, 0.05) is 14.1 Å². The van der Waals surface area contributed by atoms with Crippen molar-refractivity contribution < 1.29 is 8.42 Å². The number of H-pyrrole nitrogens is 1. The Hall–Kier alpha value is -1.31. The summed E-state index contributed by atoms with van der Waals surface area (Å²) in [5.74, 6) is 0. The van der Waals surface area contributed by atoms with Gasteiger partial charge in [0.05, 0.1) is 16.7 Å². The Morgan fingerprint density at radius 3 is 2.76 bits per heavy atom. The van der Waals surface area contributed by atoms with Gasteiger partial charge in [-0.05, 0) is 29.8 Å². The maximum absolute atomic E-state index is 11.6. The average Bonchev–Trinajstić information content (AvgIpc) is 2.56. The molecule has 0 aliphatic heterocycles. The second kappa shape index (κ2) is 4.17. The van der Waals surface area contributed by atoms with Crippen LogP contribution in [0.2, 0.25) is 5.28 Å². The molecule has 0 amide bonds. The Kier molecular flexibility index (Phi) is 2.98. The van der Waals surface area contributed by atoms with Crippen molar-refractivity contribution in [3.8, 4) is 0 Å². The van der Waals surface area contributed by atoms with Crippen molar-refractivity contribution in [1.29, 1.82) is 0 Å². The van der Waals surface area contributed by atoms with Crippen LogP contribution in [0, 0.1) is 0 Å². The topological polar surface area (TPSA) is 78.1 Å².